The molecule has 0 unspecified atom stereocenters. The molecule has 26 heavy (non-hydrogen) atoms. The minimum Gasteiger partial charge on any atom is -0.491 e. The standard InChI is InChI=1S/C18H18N4O2S2/c1-10(2)24-13-6-4-5-12(9-13)17(23)20-18(25)19-15-11(3)7-8-14-16(15)22-26-21-14/h4-10H,1-3H3,(H2,19,20,23,25). The number of rotatable bonds is 4. The number of nitrogens with zero attached hydrogens (tertiary/aromatic N) is 2. The number of amides is 1. The number of hydrogen-bond donors (Lipinski definition) is 2. The Morgan fingerprint density at radius 2 is 2.04 bits per heavy atom. The number of ether oxygens (including phenoxy) is 1. The van der Waals surface area contributed by atoms with Crippen LogP contribution in [0.3, 0.4) is 0 Å². The summed E-state index contributed by atoms with van der Waals surface area (Å²) in [7, 11) is 0. The molecule has 1 heterocycles. The first-order valence-corrected chi connectivity index (χ1v) is 9.19. The monoisotopic (exact) mass is 386 g/mol. The van der Waals surface area contributed by atoms with E-state index in [4.69, 9.17) is 17.0 Å². The van der Waals surface area contributed by atoms with Gasteiger partial charge in [-0.2, -0.15) is 8.75 Å². The molecule has 0 aliphatic rings. The summed E-state index contributed by atoms with van der Waals surface area (Å²) in [6.07, 6.45) is 0.0336. The minimum absolute atomic E-state index is 0.0336. The lowest BCUT2D eigenvalue weighted by Gasteiger charge is -2.13. The van der Waals surface area contributed by atoms with Crippen molar-refractivity contribution >= 4 is 51.7 Å². The molecule has 0 aliphatic carbocycles. The van der Waals surface area contributed by atoms with Gasteiger partial charge in [0.1, 0.15) is 16.8 Å². The Balaban J connectivity index is 1.72. The largest absolute Gasteiger partial charge is 0.491 e. The third kappa shape index (κ3) is 4.14. The van der Waals surface area contributed by atoms with E-state index < -0.39 is 0 Å². The van der Waals surface area contributed by atoms with Gasteiger partial charge in [-0.25, -0.2) is 0 Å². The Labute approximate surface area is 160 Å². The van der Waals surface area contributed by atoms with Gasteiger partial charge in [0.2, 0.25) is 0 Å². The molecule has 0 atom stereocenters. The highest BCUT2D eigenvalue weighted by atomic mass is 32.1. The maximum Gasteiger partial charge on any atom is 0.257 e. The molecule has 0 spiro atoms. The third-order valence-corrected chi connectivity index (χ3v) is 4.32. The molecule has 0 bridgehead atoms. The van der Waals surface area contributed by atoms with Crippen LogP contribution in [0.2, 0.25) is 0 Å². The maximum absolute atomic E-state index is 12.5. The molecule has 1 aromatic heterocycles. The van der Waals surface area contributed by atoms with Crippen molar-refractivity contribution < 1.29 is 9.53 Å². The first-order chi connectivity index (χ1) is 12.4. The van der Waals surface area contributed by atoms with Crippen molar-refractivity contribution in [2.45, 2.75) is 26.9 Å². The molecule has 0 aliphatic heterocycles. The summed E-state index contributed by atoms with van der Waals surface area (Å²) in [5.41, 5.74) is 3.71. The molecule has 0 fully saturated rings. The fraction of sp³-hybridized carbons (Fsp3) is 0.222. The van der Waals surface area contributed by atoms with Crippen LogP contribution in [-0.2, 0) is 0 Å². The molecule has 0 radical (unpaired) electrons. The second-order valence-electron chi connectivity index (χ2n) is 5.99. The molecule has 2 aromatic carbocycles. The SMILES string of the molecule is Cc1ccc2nsnc2c1NC(=S)NC(=O)c1cccc(OC(C)C)c1. The summed E-state index contributed by atoms with van der Waals surface area (Å²) in [5.74, 6) is 0.332. The number of aromatic nitrogens is 2. The van der Waals surface area contributed by atoms with Gasteiger partial charge < -0.3 is 10.1 Å². The zero-order chi connectivity index (χ0) is 18.7. The fourth-order valence-corrected chi connectivity index (χ4v) is 3.15. The minimum atomic E-state index is -0.307. The number of carbonyl (C=O) groups excluding carboxylic acids is 1. The van der Waals surface area contributed by atoms with Crippen molar-refractivity contribution in [2.24, 2.45) is 0 Å². The van der Waals surface area contributed by atoms with Gasteiger partial charge in [-0.05, 0) is 62.8 Å². The van der Waals surface area contributed by atoms with Crippen LogP contribution in [0.1, 0.15) is 29.8 Å². The zero-order valence-electron chi connectivity index (χ0n) is 14.6. The van der Waals surface area contributed by atoms with Crippen LogP contribution >= 0.6 is 23.9 Å². The van der Waals surface area contributed by atoms with Gasteiger partial charge in [-0.1, -0.05) is 12.1 Å². The second kappa shape index (κ2) is 7.76. The molecular formula is C18H18N4O2S2. The van der Waals surface area contributed by atoms with E-state index in [1.807, 2.05) is 39.0 Å². The number of hydrogen-bond acceptors (Lipinski definition) is 6. The van der Waals surface area contributed by atoms with Crippen molar-refractivity contribution in [3.05, 3.63) is 47.5 Å². The van der Waals surface area contributed by atoms with Crippen LogP contribution in [0.15, 0.2) is 36.4 Å². The Morgan fingerprint density at radius 1 is 1.23 bits per heavy atom. The van der Waals surface area contributed by atoms with E-state index in [1.165, 1.54) is 0 Å². The summed E-state index contributed by atoms with van der Waals surface area (Å²) in [6, 6.07) is 10.8. The lowest BCUT2D eigenvalue weighted by atomic mass is 10.1. The number of aryl methyl sites for hydroxylation is 1. The normalized spacial score (nSPS) is 10.8. The van der Waals surface area contributed by atoms with Gasteiger partial charge in [-0.15, -0.1) is 0 Å². The smallest absolute Gasteiger partial charge is 0.257 e. The van der Waals surface area contributed by atoms with Crippen molar-refractivity contribution in [3.63, 3.8) is 0 Å². The van der Waals surface area contributed by atoms with Gasteiger partial charge in [0.05, 0.1) is 23.5 Å². The molecular weight excluding hydrogens is 368 g/mol. The Kier molecular flexibility index (Phi) is 5.43. The Hall–Kier alpha value is -2.58. The van der Waals surface area contributed by atoms with Crippen molar-refractivity contribution in [1.29, 1.82) is 0 Å². The highest BCUT2D eigenvalue weighted by molar-refractivity contribution is 7.80. The number of anilines is 1. The van der Waals surface area contributed by atoms with E-state index in [9.17, 15) is 4.79 Å². The molecule has 134 valence electrons. The van der Waals surface area contributed by atoms with Gasteiger partial charge in [-0.3, -0.25) is 10.1 Å². The molecule has 6 nitrogen and oxygen atoms in total. The van der Waals surface area contributed by atoms with E-state index in [1.54, 1.807) is 18.2 Å². The molecule has 3 rings (SSSR count). The number of thiocarbonyl (C=S) groups is 1. The van der Waals surface area contributed by atoms with Crippen molar-refractivity contribution in [2.75, 3.05) is 5.32 Å². The Bertz CT molecular complexity index is 969. The summed E-state index contributed by atoms with van der Waals surface area (Å²) in [5, 5.41) is 5.95. The number of carbonyl (C=O) groups is 1. The summed E-state index contributed by atoms with van der Waals surface area (Å²) in [6.45, 7) is 5.81. The van der Waals surface area contributed by atoms with Crippen LogP contribution in [0.25, 0.3) is 11.0 Å². The van der Waals surface area contributed by atoms with Crippen LogP contribution in [0, 0.1) is 6.92 Å². The number of fused-ring (bicyclic) bond motifs is 1. The second-order valence-corrected chi connectivity index (χ2v) is 6.93. The van der Waals surface area contributed by atoms with Gasteiger partial charge >= 0.3 is 0 Å². The van der Waals surface area contributed by atoms with Crippen LogP contribution in [0.4, 0.5) is 5.69 Å². The predicted molar refractivity (Wildman–Crippen MR) is 108 cm³/mol. The average molecular weight is 387 g/mol. The molecule has 3 aromatic rings. The van der Waals surface area contributed by atoms with Crippen molar-refractivity contribution in [1.82, 2.24) is 14.1 Å². The van der Waals surface area contributed by atoms with Crippen LogP contribution < -0.4 is 15.4 Å². The molecule has 8 heteroatoms. The molecule has 1 amide bonds. The van der Waals surface area contributed by atoms with Crippen LogP contribution in [-0.4, -0.2) is 25.9 Å². The first-order valence-electron chi connectivity index (χ1n) is 8.05. The summed E-state index contributed by atoms with van der Waals surface area (Å²) >= 11 is 6.43. The zero-order valence-corrected chi connectivity index (χ0v) is 16.2. The van der Waals surface area contributed by atoms with E-state index >= 15 is 0 Å². The summed E-state index contributed by atoms with van der Waals surface area (Å²) in [4.78, 5) is 12.5. The number of nitrogens with one attached hydrogen (secondary N) is 2. The van der Waals surface area contributed by atoms with E-state index in [0.29, 0.717) is 11.3 Å². The van der Waals surface area contributed by atoms with Gasteiger partial charge in [0.25, 0.3) is 5.91 Å². The quantitative estimate of drug-likeness (QED) is 0.662. The average Bonchev–Trinajstić information content (AvgIpc) is 3.06. The predicted octanol–water partition coefficient (Wildman–Crippen LogP) is 3.91. The maximum atomic E-state index is 12.5. The fourth-order valence-electron chi connectivity index (χ4n) is 2.41. The summed E-state index contributed by atoms with van der Waals surface area (Å²) < 4.78 is 14.1. The lowest BCUT2D eigenvalue weighted by molar-refractivity contribution is 0.0977. The van der Waals surface area contributed by atoms with Gasteiger partial charge in [0.15, 0.2) is 5.11 Å². The molecule has 0 saturated carbocycles. The molecule has 0 saturated heterocycles. The van der Waals surface area contributed by atoms with E-state index in [2.05, 4.69) is 19.4 Å². The van der Waals surface area contributed by atoms with Gasteiger partial charge in [0, 0.05) is 5.56 Å². The highest BCUT2D eigenvalue weighted by Crippen LogP contribution is 2.25. The van der Waals surface area contributed by atoms with E-state index in [0.717, 1.165) is 34.0 Å². The highest BCUT2D eigenvalue weighted by Gasteiger charge is 2.13. The van der Waals surface area contributed by atoms with E-state index in [-0.39, 0.29) is 17.1 Å². The van der Waals surface area contributed by atoms with Crippen LogP contribution in [0.5, 0.6) is 5.75 Å². The van der Waals surface area contributed by atoms with Crippen molar-refractivity contribution in [3.8, 4) is 5.75 Å². The third-order valence-electron chi connectivity index (χ3n) is 3.57. The number of benzene rings is 2. The lowest BCUT2D eigenvalue weighted by Crippen LogP contribution is -2.34. The Morgan fingerprint density at radius 3 is 2.81 bits per heavy atom. The first kappa shape index (κ1) is 18.2. The topological polar surface area (TPSA) is 76.1 Å². The molecule has 2 N–H and O–H groups in total.